The third kappa shape index (κ3) is 3.36. The van der Waals surface area contributed by atoms with Gasteiger partial charge in [-0.1, -0.05) is 31.7 Å². The Morgan fingerprint density at radius 2 is 2.25 bits per heavy atom. The molecule has 1 aliphatic rings. The fourth-order valence-corrected chi connectivity index (χ4v) is 2.68. The predicted octanol–water partition coefficient (Wildman–Crippen LogP) is 2.84. The van der Waals surface area contributed by atoms with Gasteiger partial charge in [-0.3, -0.25) is 4.99 Å². The van der Waals surface area contributed by atoms with Crippen LogP contribution in [0.15, 0.2) is 46.5 Å². The van der Waals surface area contributed by atoms with Gasteiger partial charge in [0.25, 0.3) is 0 Å². The van der Waals surface area contributed by atoms with Crippen molar-refractivity contribution in [2.75, 3.05) is 0 Å². The van der Waals surface area contributed by atoms with Gasteiger partial charge in [0.2, 0.25) is 0 Å². The molecule has 0 radical (unpaired) electrons. The van der Waals surface area contributed by atoms with Gasteiger partial charge in [0.15, 0.2) is 0 Å². The maximum absolute atomic E-state index is 9.64. The van der Waals surface area contributed by atoms with E-state index >= 15 is 0 Å². The molecule has 5 heteroatoms. The van der Waals surface area contributed by atoms with E-state index in [4.69, 9.17) is 5.73 Å². The first-order valence-corrected chi connectivity index (χ1v) is 7.40. The van der Waals surface area contributed by atoms with E-state index in [-0.39, 0.29) is 6.17 Å². The van der Waals surface area contributed by atoms with Crippen LogP contribution < -0.4 is 5.73 Å². The maximum Gasteiger partial charge on any atom is 0.124 e. The zero-order chi connectivity index (χ0) is 14.7. The Morgan fingerprint density at radius 3 is 2.90 bits per heavy atom. The summed E-state index contributed by atoms with van der Waals surface area (Å²) in [5, 5.41) is 11.3. The first-order chi connectivity index (χ1) is 9.51. The van der Waals surface area contributed by atoms with Crippen LogP contribution in [0.3, 0.4) is 0 Å². The number of hydrogen-bond donors (Lipinski definition) is 2. The summed E-state index contributed by atoms with van der Waals surface area (Å²) < 4.78 is 0. The molecule has 1 aromatic carbocycles. The number of aliphatic hydroxyl groups excluding tert-OH is 1. The molecule has 0 saturated carbocycles. The molecular weight excluding hydrogens is 270 g/mol. The molecule has 0 saturated heterocycles. The van der Waals surface area contributed by atoms with Gasteiger partial charge in [-0.2, -0.15) is 0 Å². The van der Waals surface area contributed by atoms with Gasteiger partial charge >= 0.3 is 0 Å². The van der Waals surface area contributed by atoms with E-state index in [2.05, 4.69) is 16.6 Å². The van der Waals surface area contributed by atoms with Gasteiger partial charge < -0.3 is 10.8 Å². The lowest BCUT2D eigenvalue weighted by molar-refractivity contribution is 0.199. The Morgan fingerprint density at radius 1 is 1.50 bits per heavy atom. The second kappa shape index (κ2) is 6.35. The Bertz CT molecular complexity index is 578. The maximum atomic E-state index is 9.64. The molecule has 0 bridgehead atoms. The molecule has 0 amide bonds. The number of aliphatic imine (C=N–C) groups is 2. The number of benzene rings is 1. The van der Waals surface area contributed by atoms with Crippen LogP contribution in [0.1, 0.15) is 37.5 Å². The zero-order valence-corrected chi connectivity index (χ0v) is 12.5. The zero-order valence-electron chi connectivity index (χ0n) is 11.7. The molecular formula is C15H19N3OS. The SMILES string of the molecule is C=C1N=C(c2cccc(C(C)O)c2)S/C1=N/C(N)CC. The van der Waals surface area contributed by atoms with Crippen molar-refractivity contribution in [3.8, 4) is 0 Å². The van der Waals surface area contributed by atoms with Crippen LogP contribution in [-0.2, 0) is 0 Å². The highest BCUT2D eigenvalue weighted by atomic mass is 32.2. The molecule has 2 rings (SSSR count). The van der Waals surface area contributed by atoms with Crippen LogP contribution in [0.4, 0.5) is 0 Å². The lowest BCUT2D eigenvalue weighted by Crippen LogP contribution is -2.17. The summed E-state index contributed by atoms with van der Waals surface area (Å²) in [6.07, 6.45) is 0.0730. The predicted molar refractivity (Wildman–Crippen MR) is 86.0 cm³/mol. The van der Waals surface area contributed by atoms with Crippen LogP contribution in [0.5, 0.6) is 0 Å². The van der Waals surface area contributed by atoms with Crippen molar-refractivity contribution < 1.29 is 5.11 Å². The fourth-order valence-electron chi connectivity index (χ4n) is 1.74. The first kappa shape index (κ1) is 15.0. The smallest absolute Gasteiger partial charge is 0.124 e. The number of nitrogens with two attached hydrogens (primary N) is 1. The summed E-state index contributed by atoms with van der Waals surface area (Å²) >= 11 is 1.47. The molecule has 20 heavy (non-hydrogen) atoms. The quantitative estimate of drug-likeness (QED) is 0.895. The third-order valence-corrected chi connectivity index (χ3v) is 4.05. The van der Waals surface area contributed by atoms with Crippen LogP contribution >= 0.6 is 11.8 Å². The van der Waals surface area contributed by atoms with Crippen molar-refractivity contribution in [3.63, 3.8) is 0 Å². The molecule has 2 atom stereocenters. The molecule has 0 aromatic heterocycles. The van der Waals surface area contributed by atoms with Gasteiger partial charge in [-0.15, -0.1) is 0 Å². The van der Waals surface area contributed by atoms with Crippen LogP contribution in [-0.4, -0.2) is 21.4 Å². The Hall–Kier alpha value is -1.43. The van der Waals surface area contributed by atoms with Gasteiger partial charge in [-0.05, 0) is 36.7 Å². The van der Waals surface area contributed by atoms with Crippen LogP contribution in [0.25, 0.3) is 0 Å². The number of thioether (sulfide) groups is 1. The van der Waals surface area contributed by atoms with Gasteiger partial charge in [0.1, 0.15) is 10.1 Å². The third-order valence-electron chi connectivity index (χ3n) is 2.99. The summed E-state index contributed by atoms with van der Waals surface area (Å²) in [6, 6.07) is 7.71. The summed E-state index contributed by atoms with van der Waals surface area (Å²) in [7, 11) is 0. The topological polar surface area (TPSA) is 71.0 Å². The number of hydrogen-bond acceptors (Lipinski definition) is 5. The summed E-state index contributed by atoms with van der Waals surface area (Å²) in [4.78, 5) is 8.85. The Labute approximate surface area is 123 Å². The van der Waals surface area contributed by atoms with Gasteiger partial charge in [0.05, 0.1) is 18.0 Å². The van der Waals surface area contributed by atoms with Crippen molar-refractivity contribution >= 4 is 21.8 Å². The van der Waals surface area contributed by atoms with E-state index in [1.807, 2.05) is 31.2 Å². The molecule has 0 spiro atoms. The van der Waals surface area contributed by atoms with Crippen molar-refractivity contribution in [2.45, 2.75) is 32.5 Å². The number of rotatable bonds is 4. The minimum Gasteiger partial charge on any atom is -0.389 e. The second-order valence-corrected chi connectivity index (χ2v) is 5.65. The molecule has 3 N–H and O–H groups in total. The largest absolute Gasteiger partial charge is 0.389 e. The Kier molecular flexibility index (Phi) is 4.75. The summed E-state index contributed by atoms with van der Waals surface area (Å²) in [5.74, 6) is 0. The minimum absolute atomic E-state index is 0.215. The summed E-state index contributed by atoms with van der Waals surface area (Å²) in [5.41, 5.74) is 8.32. The van der Waals surface area contributed by atoms with E-state index < -0.39 is 6.10 Å². The van der Waals surface area contributed by atoms with Gasteiger partial charge in [-0.25, -0.2) is 4.99 Å². The standard InChI is InChI=1S/C15H19N3OS/c1-4-13(16)18-14-9(2)17-15(20-14)12-7-5-6-11(8-12)10(3)19/h5-8,10,13,19H,2,4,16H2,1,3H3/b18-14+. The Balaban J connectivity index is 2.24. The normalized spacial score (nSPS) is 20.1. The van der Waals surface area contributed by atoms with E-state index in [0.717, 1.165) is 27.6 Å². The van der Waals surface area contributed by atoms with Gasteiger partial charge in [0, 0.05) is 5.56 Å². The number of nitrogens with zero attached hydrogens (tertiary/aromatic N) is 2. The van der Waals surface area contributed by atoms with Crippen molar-refractivity contribution in [2.24, 2.45) is 15.7 Å². The van der Waals surface area contributed by atoms with Crippen molar-refractivity contribution in [1.29, 1.82) is 0 Å². The molecule has 2 unspecified atom stereocenters. The molecule has 4 nitrogen and oxygen atoms in total. The van der Waals surface area contributed by atoms with Crippen molar-refractivity contribution in [3.05, 3.63) is 47.7 Å². The monoisotopic (exact) mass is 289 g/mol. The molecule has 1 heterocycles. The minimum atomic E-state index is -0.494. The molecule has 0 fully saturated rings. The molecule has 1 aromatic rings. The second-order valence-electron chi connectivity index (χ2n) is 4.68. The highest BCUT2D eigenvalue weighted by molar-refractivity contribution is 8.27. The van der Waals surface area contributed by atoms with E-state index in [0.29, 0.717) is 5.70 Å². The van der Waals surface area contributed by atoms with E-state index in [1.54, 1.807) is 6.92 Å². The average molecular weight is 289 g/mol. The van der Waals surface area contributed by atoms with Crippen molar-refractivity contribution in [1.82, 2.24) is 0 Å². The average Bonchev–Trinajstić information content (AvgIpc) is 2.80. The molecule has 106 valence electrons. The molecule has 1 aliphatic heterocycles. The lowest BCUT2D eigenvalue weighted by Gasteiger charge is -2.07. The number of aliphatic hydroxyl groups is 1. The van der Waals surface area contributed by atoms with E-state index in [9.17, 15) is 5.11 Å². The lowest BCUT2D eigenvalue weighted by atomic mass is 10.1. The highest BCUT2D eigenvalue weighted by Gasteiger charge is 2.21. The van der Waals surface area contributed by atoms with Crippen LogP contribution in [0.2, 0.25) is 0 Å². The first-order valence-electron chi connectivity index (χ1n) is 6.59. The highest BCUT2D eigenvalue weighted by Crippen LogP contribution is 2.29. The van der Waals surface area contributed by atoms with E-state index in [1.165, 1.54) is 11.8 Å². The summed E-state index contributed by atoms with van der Waals surface area (Å²) in [6.45, 7) is 7.65. The molecule has 0 aliphatic carbocycles. The van der Waals surface area contributed by atoms with Crippen LogP contribution in [0, 0.1) is 0 Å². The fraction of sp³-hybridized carbons (Fsp3) is 0.333.